The van der Waals surface area contributed by atoms with Gasteiger partial charge in [0.05, 0.1) is 12.5 Å². The van der Waals surface area contributed by atoms with Gasteiger partial charge in [0, 0.05) is 6.08 Å². The number of allylic oxidation sites excluding steroid dienone is 1. The van der Waals surface area contributed by atoms with Crippen molar-refractivity contribution in [1.29, 1.82) is 0 Å². The van der Waals surface area contributed by atoms with Crippen LogP contribution in [0.4, 0.5) is 4.39 Å². The van der Waals surface area contributed by atoms with E-state index in [1.54, 1.807) is 0 Å². The summed E-state index contributed by atoms with van der Waals surface area (Å²) in [7, 11) is 0. The van der Waals surface area contributed by atoms with Crippen molar-refractivity contribution in [2.45, 2.75) is 32.2 Å². The summed E-state index contributed by atoms with van der Waals surface area (Å²) < 4.78 is 12.9. The van der Waals surface area contributed by atoms with E-state index < -0.39 is 17.8 Å². The van der Waals surface area contributed by atoms with Crippen LogP contribution >= 0.6 is 0 Å². The first-order valence-corrected chi connectivity index (χ1v) is 6.91. The fraction of sp³-hybridized carbons (Fsp3) is 0.375. The van der Waals surface area contributed by atoms with E-state index in [0.717, 1.165) is 18.4 Å². The molecule has 1 saturated carbocycles. The zero-order valence-corrected chi connectivity index (χ0v) is 11.8. The lowest BCUT2D eigenvalue weighted by atomic mass is 10.0. The minimum Gasteiger partial charge on any atom is -0.481 e. The quantitative estimate of drug-likeness (QED) is 0.792. The van der Waals surface area contributed by atoms with E-state index in [0.29, 0.717) is 11.5 Å². The van der Waals surface area contributed by atoms with Crippen LogP contribution < -0.4 is 5.32 Å². The summed E-state index contributed by atoms with van der Waals surface area (Å²) in [6.07, 6.45) is 3.49. The first-order chi connectivity index (χ1) is 9.95. The highest BCUT2D eigenvalue weighted by molar-refractivity contribution is 5.89. The fourth-order valence-corrected chi connectivity index (χ4v) is 2.20. The fourth-order valence-electron chi connectivity index (χ4n) is 2.20. The Kier molecular flexibility index (Phi) is 4.73. The number of carboxylic acids is 1. The van der Waals surface area contributed by atoms with Crippen LogP contribution in [0.25, 0.3) is 0 Å². The van der Waals surface area contributed by atoms with Gasteiger partial charge in [0.15, 0.2) is 0 Å². The molecular formula is C16H18FNO3. The molecule has 0 aliphatic heterocycles. The van der Waals surface area contributed by atoms with Gasteiger partial charge in [-0.05, 0) is 43.4 Å². The zero-order valence-electron chi connectivity index (χ0n) is 11.8. The van der Waals surface area contributed by atoms with E-state index in [9.17, 15) is 14.0 Å². The second-order valence-corrected chi connectivity index (χ2v) is 5.37. The minimum atomic E-state index is -1.02. The summed E-state index contributed by atoms with van der Waals surface area (Å²) in [4.78, 5) is 22.9. The molecule has 1 aliphatic rings. The van der Waals surface area contributed by atoms with Crippen molar-refractivity contribution in [3.63, 3.8) is 0 Å². The van der Waals surface area contributed by atoms with E-state index in [2.05, 4.69) is 5.32 Å². The third kappa shape index (κ3) is 4.70. The molecule has 0 heterocycles. The summed E-state index contributed by atoms with van der Waals surface area (Å²) in [6, 6.07) is 4.81. The van der Waals surface area contributed by atoms with Gasteiger partial charge in [-0.3, -0.25) is 9.59 Å². The average Bonchev–Trinajstić information content (AvgIpc) is 3.22. The molecule has 1 amide bonds. The molecule has 1 aromatic carbocycles. The first kappa shape index (κ1) is 15.2. The van der Waals surface area contributed by atoms with Gasteiger partial charge in [-0.2, -0.15) is 0 Å². The van der Waals surface area contributed by atoms with Gasteiger partial charge in [-0.25, -0.2) is 4.39 Å². The smallest absolute Gasteiger partial charge is 0.305 e. The molecule has 1 fully saturated rings. The van der Waals surface area contributed by atoms with Crippen molar-refractivity contribution in [2.75, 3.05) is 0 Å². The Labute approximate surface area is 122 Å². The number of hydrogen-bond donors (Lipinski definition) is 2. The number of carbonyl (C=O) groups excluding carboxylic acids is 1. The van der Waals surface area contributed by atoms with Crippen molar-refractivity contribution in [1.82, 2.24) is 5.32 Å². The molecular weight excluding hydrogens is 273 g/mol. The molecule has 0 bridgehead atoms. The van der Waals surface area contributed by atoms with Crippen LogP contribution in [0.3, 0.4) is 0 Å². The molecule has 2 N–H and O–H groups in total. The SMILES string of the molecule is C/C(=C\C(=O)NC(CC(=O)O)c1ccc(F)cc1)C1CC1. The van der Waals surface area contributed by atoms with Gasteiger partial charge in [0.2, 0.25) is 5.91 Å². The third-order valence-corrected chi connectivity index (χ3v) is 3.55. The molecule has 1 aromatic rings. The van der Waals surface area contributed by atoms with Crippen LogP contribution in [-0.4, -0.2) is 17.0 Å². The lowest BCUT2D eigenvalue weighted by Crippen LogP contribution is -2.29. The van der Waals surface area contributed by atoms with Crippen LogP contribution in [0, 0.1) is 11.7 Å². The van der Waals surface area contributed by atoms with E-state index >= 15 is 0 Å². The molecule has 0 aromatic heterocycles. The van der Waals surface area contributed by atoms with Crippen LogP contribution in [0.15, 0.2) is 35.9 Å². The van der Waals surface area contributed by atoms with Crippen LogP contribution in [0.2, 0.25) is 0 Å². The summed E-state index contributed by atoms with van der Waals surface area (Å²) in [5.74, 6) is -1.24. The molecule has 0 saturated heterocycles. The Morgan fingerprint density at radius 2 is 2.00 bits per heavy atom. The van der Waals surface area contributed by atoms with Gasteiger partial charge >= 0.3 is 5.97 Å². The number of rotatable bonds is 6. The van der Waals surface area contributed by atoms with Crippen molar-refractivity contribution < 1.29 is 19.1 Å². The normalized spacial score (nSPS) is 16.4. The first-order valence-electron chi connectivity index (χ1n) is 6.91. The third-order valence-electron chi connectivity index (χ3n) is 3.55. The van der Waals surface area contributed by atoms with Gasteiger partial charge in [0.1, 0.15) is 5.82 Å². The molecule has 4 nitrogen and oxygen atoms in total. The number of nitrogens with one attached hydrogen (secondary N) is 1. The Bertz CT molecular complexity index is 561. The second-order valence-electron chi connectivity index (χ2n) is 5.37. The number of carboxylic acid groups (broad SMARTS) is 1. The number of carbonyl (C=O) groups is 2. The monoisotopic (exact) mass is 291 g/mol. The molecule has 0 radical (unpaired) electrons. The Morgan fingerprint density at radius 1 is 1.38 bits per heavy atom. The highest BCUT2D eigenvalue weighted by Gasteiger charge is 2.24. The number of amides is 1. The Balaban J connectivity index is 2.08. The maximum Gasteiger partial charge on any atom is 0.305 e. The largest absolute Gasteiger partial charge is 0.481 e. The minimum absolute atomic E-state index is 0.242. The summed E-state index contributed by atoms with van der Waals surface area (Å²) in [6.45, 7) is 1.90. The van der Waals surface area contributed by atoms with E-state index in [4.69, 9.17) is 5.11 Å². The highest BCUT2D eigenvalue weighted by Crippen LogP contribution is 2.35. The molecule has 112 valence electrons. The Morgan fingerprint density at radius 3 is 2.52 bits per heavy atom. The van der Waals surface area contributed by atoms with E-state index in [1.165, 1.54) is 30.3 Å². The predicted molar refractivity (Wildman–Crippen MR) is 76.0 cm³/mol. The summed E-state index contributed by atoms with van der Waals surface area (Å²) in [5.41, 5.74) is 1.59. The average molecular weight is 291 g/mol. The summed E-state index contributed by atoms with van der Waals surface area (Å²) in [5, 5.41) is 11.6. The molecule has 1 aliphatic carbocycles. The molecule has 2 rings (SSSR count). The molecule has 0 spiro atoms. The van der Waals surface area contributed by atoms with Crippen molar-refractivity contribution in [3.8, 4) is 0 Å². The topological polar surface area (TPSA) is 66.4 Å². The van der Waals surface area contributed by atoms with Gasteiger partial charge in [-0.1, -0.05) is 17.7 Å². The van der Waals surface area contributed by atoms with Gasteiger partial charge in [0.25, 0.3) is 0 Å². The molecule has 1 atom stereocenters. The van der Waals surface area contributed by atoms with E-state index in [1.807, 2.05) is 6.92 Å². The lowest BCUT2D eigenvalue weighted by molar-refractivity contribution is -0.137. The highest BCUT2D eigenvalue weighted by atomic mass is 19.1. The van der Waals surface area contributed by atoms with Crippen molar-refractivity contribution in [2.24, 2.45) is 5.92 Å². The maximum absolute atomic E-state index is 12.9. The lowest BCUT2D eigenvalue weighted by Gasteiger charge is -2.16. The Hall–Kier alpha value is -2.17. The number of hydrogen-bond acceptors (Lipinski definition) is 2. The second kappa shape index (κ2) is 6.52. The molecule has 5 heteroatoms. The number of halogens is 1. The molecule has 21 heavy (non-hydrogen) atoms. The van der Waals surface area contributed by atoms with Gasteiger partial charge < -0.3 is 10.4 Å². The zero-order chi connectivity index (χ0) is 15.4. The van der Waals surface area contributed by atoms with Crippen LogP contribution in [-0.2, 0) is 9.59 Å². The van der Waals surface area contributed by atoms with Gasteiger partial charge in [-0.15, -0.1) is 0 Å². The summed E-state index contributed by atoms with van der Waals surface area (Å²) >= 11 is 0. The van der Waals surface area contributed by atoms with Crippen LogP contribution in [0.5, 0.6) is 0 Å². The van der Waals surface area contributed by atoms with Crippen molar-refractivity contribution >= 4 is 11.9 Å². The predicted octanol–water partition coefficient (Wildman–Crippen LogP) is 2.81. The van der Waals surface area contributed by atoms with E-state index in [-0.39, 0.29) is 12.3 Å². The van der Waals surface area contributed by atoms with Crippen molar-refractivity contribution in [3.05, 3.63) is 47.3 Å². The van der Waals surface area contributed by atoms with Crippen LogP contribution in [0.1, 0.15) is 37.8 Å². The molecule has 1 unspecified atom stereocenters. The number of aliphatic carboxylic acids is 1. The number of benzene rings is 1. The maximum atomic E-state index is 12.9. The standard InChI is InChI=1S/C16H18FNO3/c1-10(11-2-3-11)8-15(19)18-14(9-16(20)21)12-4-6-13(17)7-5-12/h4-8,11,14H,2-3,9H2,1H3,(H,18,19)(H,20,21)/b10-8+.